The van der Waals surface area contributed by atoms with Gasteiger partial charge in [0.05, 0.1) is 9.92 Å². The summed E-state index contributed by atoms with van der Waals surface area (Å²) < 4.78 is 40.3. The second-order valence-corrected chi connectivity index (χ2v) is 8.36. The first-order chi connectivity index (χ1) is 12.9. The Morgan fingerprint density at radius 3 is 2.30 bits per heavy atom. The molecule has 1 aliphatic heterocycles. The Bertz CT molecular complexity index is 936. The van der Waals surface area contributed by atoms with Crippen LogP contribution in [0.5, 0.6) is 0 Å². The van der Waals surface area contributed by atoms with E-state index < -0.39 is 15.8 Å². The molecule has 1 amide bonds. The highest BCUT2D eigenvalue weighted by Gasteiger charge is 2.29. The maximum Gasteiger partial charge on any atom is 0.246 e. The van der Waals surface area contributed by atoms with Crippen molar-refractivity contribution in [2.45, 2.75) is 4.90 Å². The van der Waals surface area contributed by atoms with Crippen LogP contribution in [0.2, 0.25) is 5.02 Å². The Morgan fingerprint density at radius 2 is 1.67 bits per heavy atom. The average Bonchev–Trinajstić information content (AvgIpc) is 2.68. The van der Waals surface area contributed by atoms with Crippen LogP contribution in [0.3, 0.4) is 0 Å². The maximum absolute atomic E-state index is 13.8. The number of amides is 1. The number of rotatable bonds is 4. The van der Waals surface area contributed by atoms with Crippen LogP contribution in [-0.2, 0) is 14.8 Å². The molecule has 0 unspecified atom stereocenters. The van der Waals surface area contributed by atoms with Gasteiger partial charge >= 0.3 is 0 Å². The van der Waals surface area contributed by atoms with Gasteiger partial charge in [-0.05, 0) is 30.3 Å². The molecule has 1 fully saturated rings. The van der Waals surface area contributed by atoms with Crippen molar-refractivity contribution in [3.05, 3.63) is 71.0 Å². The highest BCUT2D eigenvalue weighted by Crippen LogP contribution is 2.21. The third-order valence-corrected chi connectivity index (χ3v) is 6.57. The van der Waals surface area contributed by atoms with Gasteiger partial charge in [0, 0.05) is 37.8 Å². The Hall–Kier alpha value is -2.22. The lowest BCUT2D eigenvalue weighted by atomic mass is 10.2. The lowest BCUT2D eigenvalue weighted by Crippen LogP contribution is -2.50. The fourth-order valence-electron chi connectivity index (χ4n) is 2.82. The molecule has 0 N–H and O–H groups in total. The summed E-state index contributed by atoms with van der Waals surface area (Å²) >= 11 is 5.94. The highest BCUT2D eigenvalue weighted by atomic mass is 35.5. The zero-order valence-electron chi connectivity index (χ0n) is 14.4. The predicted octanol–water partition coefficient (Wildman–Crippen LogP) is 3.03. The summed E-state index contributed by atoms with van der Waals surface area (Å²) in [6.45, 7) is 0.939. The van der Waals surface area contributed by atoms with Gasteiger partial charge in [0.25, 0.3) is 0 Å². The molecule has 0 aromatic heterocycles. The molecule has 142 valence electrons. The molecular weight excluding hydrogens is 391 g/mol. The predicted molar refractivity (Wildman–Crippen MR) is 102 cm³/mol. The van der Waals surface area contributed by atoms with E-state index in [2.05, 4.69) is 0 Å². The quantitative estimate of drug-likeness (QED) is 0.731. The average molecular weight is 409 g/mol. The van der Waals surface area contributed by atoms with Crippen LogP contribution < -0.4 is 0 Å². The number of carbonyl (C=O) groups excluding carboxylic acids is 1. The summed E-state index contributed by atoms with van der Waals surface area (Å²) in [6, 6.07) is 12.5. The molecule has 8 heteroatoms. The van der Waals surface area contributed by atoms with Crippen molar-refractivity contribution in [3.63, 3.8) is 0 Å². The molecule has 2 aromatic rings. The number of nitrogens with zero attached hydrogens (tertiary/aromatic N) is 2. The Kier molecular flexibility index (Phi) is 5.94. The van der Waals surface area contributed by atoms with Crippen LogP contribution in [-0.4, -0.2) is 49.7 Å². The van der Waals surface area contributed by atoms with Gasteiger partial charge in [-0.25, -0.2) is 12.8 Å². The van der Waals surface area contributed by atoms with Crippen molar-refractivity contribution in [1.29, 1.82) is 0 Å². The zero-order chi connectivity index (χ0) is 19.4. The normalized spacial score (nSPS) is 16.0. The maximum atomic E-state index is 13.8. The lowest BCUT2D eigenvalue weighted by Gasteiger charge is -2.33. The molecule has 27 heavy (non-hydrogen) atoms. The molecule has 0 spiro atoms. The van der Waals surface area contributed by atoms with E-state index in [1.807, 2.05) is 0 Å². The Labute approximate surface area is 162 Å². The fourth-order valence-corrected chi connectivity index (χ4v) is 4.49. The lowest BCUT2D eigenvalue weighted by molar-refractivity contribution is -0.127. The second kappa shape index (κ2) is 8.21. The van der Waals surface area contributed by atoms with Crippen LogP contribution in [0.15, 0.2) is 59.5 Å². The van der Waals surface area contributed by atoms with E-state index >= 15 is 0 Å². The van der Waals surface area contributed by atoms with E-state index in [-0.39, 0.29) is 47.6 Å². The smallest absolute Gasteiger partial charge is 0.246 e. The van der Waals surface area contributed by atoms with Gasteiger partial charge < -0.3 is 4.90 Å². The summed E-state index contributed by atoms with van der Waals surface area (Å²) in [6.07, 6.45) is 2.60. The van der Waals surface area contributed by atoms with E-state index in [0.29, 0.717) is 0 Å². The molecule has 3 rings (SSSR count). The number of hydrogen-bond donors (Lipinski definition) is 0. The Morgan fingerprint density at radius 1 is 1.00 bits per heavy atom. The van der Waals surface area contributed by atoms with Crippen LogP contribution in [0.4, 0.5) is 4.39 Å². The van der Waals surface area contributed by atoms with Crippen LogP contribution >= 0.6 is 11.6 Å². The second-order valence-electron chi connectivity index (χ2n) is 6.01. The molecule has 1 heterocycles. The third kappa shape index (κ3) is 4.37. The molecule has 1 saturated heterocycles. The van der Waals surface area contributed by atoms with Gasteiger partial charge in [-0.1, -0.05) is 35.9 Å². The monoisotopic (exact) mass is 408 g/mol. The van der Waals surface area contributed by atoms with Crippen molar-refractivity contribution in [3.8, 4) is 0 Å². The third-order valence-electron chi connectivity index (χ3n) is 4.32. The summed E-state index contributed by atoms with van der Waals surface area (Å²) in [5.41, 5.74) is 0.151. The summed E-state index contributed by atoms with van der Waals surface area (Å²) in [4.78, 5) is 14.1. The molecule has 2 aromatic carbocycles. The van der Waals surface area contributed by atoms with E-state index in [1.54, 1.807) is 36.4 Å². The molecule has 0 bridgehead atoms. The first-order valence-corrected chi connectivity index (χ1v) is 10.2. The largest absolute Gasteiger partial charge is 0.337 e. The van der Waals surface area contributed by atoms with Gasteiger partial charge in [0.2, 0.25) is 15.9 Å². The van der Waals surface area contributed by atoms with Gasteiger partial charge in [-0.3, -0.25) is 4.79 Å². The fraction of sp³-hybridized carbons (Fsp3) is 0.211. The van der Waals surface area contributed by atoms with E-state index in [4.69, 9.17) is 11.6 Å². The minimum absolute atomic E-state index is 0.151. The van der Waals surface area contributed by atoms with E-state index in [0.717, 1.165) is 0 Å². The first-order valence-electron chi connectivity index (χ1n) is 8.36. The molecule has 1 aliphatic rings. The van der Waals surface area contributed by atoms with Crippen molar-refractivity contribution in [2.75, 3.05) is 26.2 Å². The number of carbonyl (C=O) groups is 1. The number of benzene rings is 2. The van der Waals surface area contributed by atoms with Gasteiger partial charge in [0.1, 0.15) is 5.82 Å². The number of piperazine rings is 1. The molecular formula is C19H18ClFN2O3S. The number of sulfonamides is 1. The van der Waals surface area contributed by atoms with Crippen LogP contribution in [0.1, 0.15) is 5.56 Å². The van der Waals surface area contributed by atoms with Crippen molar-refractivity contribution in [2.24, 2.45) is 0 Å². The molecule has 0 atom stereocenters. The standard InChI is InChI=1S/C19H18ClFN2O3S/c20-17-7-4-8-18(21)16(17)9-10-19(24)22-11-13-23(14-12-22)27(25,26)15-5-2-1-3-6-15/h1-10H,11-14H2. The number of hydrogen-bond acceptors (Lipinski definition) is 3. The van der Waals surface area contributed by atoms with E-state index in [9.17, 15) is 17.6 Å². The molecule has 0 aliphatic carbocycles. The highest BCUT2D eigenvalue weighted by molar-refractivity contribution is 7.89. The summed E-state index contributed by atoms with van der Waals surface area (Å²) in [5, 5.41) is 0.220. The van der Waals surface area contributed by atoms with Crippen molar-refractivity contribution in [1.82, 2.24) is 9.21 Å². The molecule has 0 saturated carbocycles. The first kappa shape index (κ1) is 19.5. The SMILES string of the molecule is O=C(C=Cc1c(F)cccc1Cl)N1CCN(S(=O)(=O)c2ccccc2)CC1. The molecule has 0 radical (unpaired) electrons. The van der Waals surface area contributed by atoms with Gasteiger partial charge in [-0.15, -0.1) is 0 Å². The molecule has 5 nitrogen and oxygen atoms in total. The summed E-state index contributed by atoms with van der Waals surface area (Å²) in [7, 11) is -3.57. The topological polar surface area (TPSA) is 57.7 Å². The van der Waals surface area contributed by atoms with Crippen LogP contribution in [0.25, 0.3) is 6.08 Å². The Balaban J connectivity index is 1.64. The van der Waals surface area contributed by atoms with Crippen molar-refractivity contribution >= 4 is 33.6 Å². The van der Waals surface area contributed by atoms with Gasteiger partial charge in [-0.2, -0.15) is 4.31 Å². The number of halogens is 2. The zero-order valence-corrected chi connectivity index (χ0v) is 16.0. The van der Waals surface area contributed by atoms with Crippen LogP contribution in [0, 0.1) is 5.82 Å². The minimum atomic E-state index is -3.57. The minimum Gasteiger partial charge on any atom is -0.337 e. The van der Waals surface area contributed by atoms with Crippen molar-refractivity contribution < 1.29 is 17.6 Å². The van der Waals surface area contributed by atoms with Gasteiger partial charge in [0.15, 0.2) is 0 Å². The summed E-state index contributed by atoms with van der Waals surface area (Å²) in [5.74, 6) is -0.823. The van der Waals surface area contributed by atoms with E-state index in [1.165, 1.54) is 33.5 Å².